The van der Waals surface area contributed by atoms with Crippen molar-refractivity contribution in [3.63, 3.8) is 0 Å². The number of ether oxygens (including phenoxy) is 1. The van der Waals surface area contributed by atoms with Crippen LogP contribution in [0.5, 0.6) is 5.75 Å². The lowest BCUT2D eigenvalue weighted by Crippen LogP contribution is -1.95. The smallest absolute Gasteiger partial charge is 0.165 e. The molecule has 0 aliphatic rings. The van der Waals surface area contributed by atoms with E-state index >= 15 is 0 Å². The average molecular weight is 182 g/mol. The Morgan fingerprint density at radius 3 is 2.85 bits per heavy atom. The van der Waals surface area contributed by atoms with Crippen molar-refractivity contribution < 1.29 is 14.2 Å². The van der Waals surface area contributed by atoms with E-state index < -0.39 is 11.9 Å². The predicted octanol–water partition coefficient (Wildman–Crippen LogP) is 2.05. The SMILES string of the molecule is C=CC(O)c1ccc(F)c(OC)c1. The second-order valence-electron chi connectivity index (χ2n) is 2.57. The molecule has 70 valence electrons. The van der Waals surface area contributed by atoms with E-state index in [9.17, 15) is 9.50 Å². The number of aliphatic hydroxyl groups excluding tert-OH is 1. The minimum absolute atomic E-state index is 0.124. The van der Waals surface area contributed by atoms with Gasteiger partial charge in [0, 0.05) is 0 Å². The summed E-state index contributed by atoms with van der Waals surface area (Å²) in [6, 6.07) is 4.19. The molecular formula is C10H11FO2. The van der Waals surface area contributed by atoms with Gasteiger partial charge in [-0.1, -0.05) is 12.1 Å². The van der Waals surface area contributed by atoms with Crippen molar-refractivity contribution in [2.75, 3.05) is 7.11 Å². The molecule has 0 fully saturated rings. The Bertz CT molecular complexity index is 310. The maximum atomic E-state index is 12.9. The van der Waals surface area contributed by atoms with Crippen LogP contribution in [-0.2, 0) is 0 Å². The molecule has 0 amide bonds. The molecule has 1 unspecified atom stereocenters. The van der Waals surface area contributed by atoms with Gasteiger partial charge in [-0.05, 0) is 17.7 Å². The Labute approximate surface area is 76.3 Å². The fraction of sp³-hybridized carbons (Fsp3) is 0.200. The van der Waals surface area contributed by atoms with Gasteiger partial charge in [0.05, 0.1) is 13.2 Å². The van der Waals surface area contributed by atoms with Crippen LogP contribution < -0.4 is 4.74 Å². The van der Waals surface area contributed by atoms with Gasteiger partial charge >= 0.3 is 0 Å². The van der Waals surface area contributed by atoms with Crippen LogP contribution in [0.3, 0.4) is 0 Å². The molecule has 0 aliphatic heterocycles. The number of aliphatic hydroxyl groups is 1. The van der Waals surface area contributed by atoms with Crippen LogP contribution in [0.2, 0.25) is 0 Å². The zero-order valence-electron chi connectivity index (χ0n) is 7.33. The number of benzene rings is 1. The first kappa shape index (κ1) is 9.74. The quantitative estimate of drug-likeness (QED) is 0.725. The summed E-state index contributed by atoms with van der Waals surface area (Å²) in [6.07, 6.45) is 0.585. The largest absolute Gasteiger partial charge is 0.494 e. The molecule has 1 atom stereocenters. The van der Waals surface area contributed by atoms with Crippen molar-refractivity contribution in [1.29, 1.82) is 0 Å². The highest BCUT2D eigenvalue weighted by molar-refractivity contribution is 5.32. The number of halogens is 1. The van der Waals surface area contributed by atoms with Gasteiger partial charge in [0.15, 0.2) is 11.6 Å². The molecule has 0 saturated heterocycles. The van der Waals surface area contributed by atoms with Crippen molar-refractivity contribution in [3.05, 3.63) is 42.2 Å². The zero-order chi connectivity index (χ0) is 9.84. The molecule has 0 heterocycles. The molecule has 3 heteroatoms. The molecule has 0 radical (unpaired) electrons. The van der Waals surface area contributed by atoms with Gasteiger partial charge in [-0.2, -0.15) is 0 Å². The number of hydrogen-bond donors (Lipinski definition) is 1. The number of hydrogen-bond acceptors (Lipinski definition) is 2. The van der Waals surface area contributed by atoms with Crippen LogP contribution in [0, 0.1) is 5.82 Å². The fourth-order valence-corrected chi connectivity index (χ4v) is 0.996. The highest BCUT2D eigenvalue weighted by Crippen LogP contribution is 2.22. The molecule has 0 saturated carbocycles. The monoisotopic (exact) mass is 182 g/mol. The van der Waals surface area contributed by atoms with Gasteiger partial charge in [-0.3, -0.25) is 0 Å². The van der Waals surface area contributed by atoms with E-state index in [-0.39, 0.29) is 5.75 Å². The Kier molecular flexibility index (Phi) is 3.03. The third-order valence-corrected chi connectivity index (χ3v) is 1.74. The van der Waals surface area contributed by atoms with E-state index in [1.807, 2.05) is 0 Å². The lowest BCUT2D eigenvalue weighted by molar-refractivity contribution is 0.228. The Balaban J connectivity index is 3.05. The van der Waals surface area contributed by atoms with Crippen molar-refractivity contribution in [2.45, 2.75) is 6.10 Å². The third kappa shape index (κ3) is 2.06. The lowest BCUT2D eigenvalue weighted by atomic mass is 10.1. The van der Waals surface area contributed by atoms with Gasteiger partial charge < -0.3 is 9.84 Å². The number of methoxy groups -OCH3 is 1. The first-order chi connectivity index (χ1) is 6.19. The minimum atomic E-state index is -0.783. The van der Waals surface area contributed by atoms with Crippen molar-refractivity contribution in [1.82, 2.24) is 0 Å². The highest BCUT2D eigenvalue weighted by atomic mass is 19.1. The average Bonchev–Trinajstić information content (AvgIpc) is 2.17. The standard InChI is InChI=1S/C10H11FO2/c1-3-9(12)7-4-5-8(11)10(6-7)13-2/h3-6,9,12H,1H2,2H3. The highest BCUT2D eigenvalue weighted by Gasteiger charge is 2.07. The van der Waals surface area contributed by atoms with Crippen LogP contribution in [0.25, 0.3) is 0 Å². The summed E-state index contributed by atoms with van der Waals surface area (Å²) in [7, 11) is 1.38. The summed E-state index contributed by atoms with van der Waals surface area (Å²) >= 11 is 0. The van der Waals surface area contributed by atoms with Crippen LogP contribution in [-0.4, -0.2) is 12.2 Å². The summed E-state index contributed by atoms with van der Waals surface area (Å²) in [6.45, 7) is 3.43. The lowest BCUT2D eigenvalue weighted by Gasteiger charge is -2.07. The predicted molar refractivity (Wildman–Crippen MR) is 48.1 cm³/mol. The minimum Gasteiger partial charge on any atom is -0.494 e. The summed E-state index contributed by atoms with van der Waals surface area (Å²) < 4.78 is 17.7. The van der Waals surface area contributed by atoms with E-state index in [1.165, 1.54) is 31.4 Å². The molecule has 1 N–H and O–H groups in total. The molecule has 0 spiro atoms. The van der Waals surface area contributed by atoms with Gasteiger partial charge in [-0.25, -0.2) is 4.39 Å². The van der Waals surface area contributed by atoms with Gasteiger partial charge in [0.1, 0.15) is 0 Å². The molecule has 0 aliphatic carbocycles. The number of rotatable bonds is 3. The molecule has 1 aromatic carbocycles. The van der Waals surface area contributed by atoms with E-state index in [2.05, 4.69) is 6.58 Å². The Hall–Kier alpha value is -1.35. The first-order valence-corrected chi connectivity index (χ1v) is 3.83. The maximum Gasteiger partial charge on any atom is 0.165 e. The fourth-order valence-electron chi connectivity index (χ4n) is 0.996. The van der Waals surface area contributed by atoms with Crippen molar-refractivity contribution in [3.8, 4) is 5.75 Å². The van der Waals surface area contributed by atoms with Crippen LogP contribution >= 0.6 is 0 Å². The van der Waals surface area contributed by atoms with Gasteiger partial charge in [0.25, 0.3) is 0 Å². The van der Waals surface area contributed by atoms with Crippen LogP contribution in [0.1, 0.15) is 11.7 Å². The first-order valence-electron chi connectivity index (χ1n) is 3.83. The molecular weight excluding hydrogens is 171 g/mol. The molecule has 0 bridgehead atoms. The molecule has 2 nitrogen and oxygen atoms in total. The van der Waals surface area contributed by atoms with E-state index in [4.69, 9.17) is 4.74 Å². The normalized spacial score (nSPS) is 12.2. The Morgan fingerprint density at radius 2 is 2.31 bits per heavy atom. The summed E-state index contributed by atoms with van der Waals surface area (Å²) in [5.41, 5.74) is 0.563. The molecule has 1 rings (SSSR count). The maximum absolute atomic E-state index is 12.9. The van der Waals surface area contributed by atoms with Crippen LogP contribution in [0.4, 0.5) is 4.39 Å². The van der Waals surface area contributed by atoms with Gasteiger partial charge in [0.2, 0.25) is 0 Å². The van der Waals surface area contributed by atoms with E-state index in [0.717, 1.165) is 0 Å². The third-order valence-electron chi connectivity index (χ3n) is 1.74. The van der Waals surface area contributed by atoms with Crippen molar-refractivity contribution in [2.24, 2.45) is 0 Å². The molecule has 1 aromatic rings. The molecule has 13 heavy (non-hydrogen) atoms. The summed E-state index contributed by atoms with van der Waals surface area (Å²) in [5.74, 6) is -0.319. The molecule has 0 aromatic heterocycles. The Morgan fingerprint density at radius 1 is 1.62 bits per heavy atom. The van der Waals surface area contributed by atoms with Gasteiger partial charge in [-0.15, -0.1) is 6.58 Å². The van der Waals surface area contributed by atoms with E-state index in [0.29, 0.717) is 5.56 Å². The van der Waals surface area contributed by atoms with Crippen LogP contribution in [0.15, 0.2) is 30.9 Å². The topological polar surface area (TPSA) is 29.5 Å². The second-order valence-corrected chi connectivity index (χ2v) is 2.57. The van der Waals surface area contributed by atoms with E-state index in [1.54, 1.807) is 0 Å². The second kappa shape index (κ2) is 4.05. The summed E-state index contributed by atoms with van der Waals surface area (Å²) in [4.78, 5) is 0. The van der Waals surface area contributed by atoms with Crippen molar-refractivity contribution >= 4 is 0 Å². The zero-order valence-corrected chi connectivity index (χ0v) is 7.33. The summed E-state index contributed by atoms with van der Waals surface area (Å²) in [5, 5.41) is 9.34.